The summed E-state index contributed by atoms with van der Waals surface area (Å²) in [5.41, 5.74) is 8.97. The highest BCUT2D eigenvalue weighted by Gasteiger charge is 2.38. The van der Waals surface area contributed by atoms with E-state index >= 15 is 0 Å². The minimum absolute atomic E-state index is 0.00752. The molecule has 0 bridgehead atoms. The molecule has 1 aliphatic heterocycles. The number of carbonyl (C=O) groups excluding carboxylic acids is 2. The van der Waals surface area contributed by atoms with Crippen molar-refractivity contribution in [2.75, 3.05) is 19.0 Å². The molecule has 0 fully saturated rings. The number of anilines is 1. The van der Waals surface area contributed by atoms with Crippen molar-refractivity contribution < 1.29 is 23.8 Å². The van der Waals surface area contributed by atoms with Gasteiger partial charge in [-0.3, -0.25) is 9.59 Å². The summed E-state index contributed by atoms with van der Waals surface area (Å²) in [6.45, 7) is 1.69. The van der Waals surface area contributed by atoms with Crippen LogP contribution in [0.1, 0.15) is 36.3 Å². The summed E-state index contributed by atoms with van der Waals surface area (Å²) in [7, 11) is 1.48. The molecule has 0 saturated carbocycles. The van der Waals surface area contributed by atoms with Crippen molar-refractivity contribution in [3.8, 4) is 17.6 Å². The monoisotopic (exact) mass is 459 g/mol. The summed E-state index contributed by atoms with van der Waals surface area (Å²) in [5, 5.41) is 12.6. The van der Waals surface area contributed by atoms with Crippen molar-refractivity contribution in [3.63, 3.8) is 0 Å². The Hall–Kier alpha value is -4.25. The maximum Gasteiger partial charge on any atom is 0.262 e. The van der Waals surface area contributed by atoms with E-state index in [4.69, 9.17) is 19.9 Å². The van der Waals surface area contributed by atoms with Gasteiger partial charge in [-0.15, -0.1) is 0 Å². The summed E-state index contributed by atoms with van der Waals surface area (Å²) in [4.78, 5) is 25.1. The van der Waals surface area contributed by atoms with E-state index in [1.807, 2.05) is 31.2 Å². The third kappa shape index (κ3) is 4.46. The molecule has 174 valence electrons. The molecule has 1 amide bonds. The van der Waals surface area contributed by atoms with Crippen LogP contribution in [0.3, 0.4) is 0 Å². The molecule has 1 atom stereocenters. The number of nitrogens with zero attached hydrogens (tertiary/aromatic N) is 1. The number of benzene rings is 2. The normalized spacial score (nSPS) is 17.4. The topological polar surface area (TPSA) is 124 Å². The van der Waals surface area contributed by atoms with E-state index in [9.17, 15) is 14.9 Å². The smallest absolute Gasteiger partial charge is 0.262 e. The van der Waals surface area contributed by atoms with E-state index in [1.54, 1.807) is 18.2 Å². The Bertz CT molecular complexity index is 1260. The largest absolute Gasteiger partial charge is 0.493 e. The van der Waals surface area contributed by atoms with Crippen molar-refractivity contribution in [3.05, 3.63) is 76.4 Å². The maximum atomic E-state index is 12.7. The Morgan fingerprint density at radius 2 is 2.03 bits per heavy atom. The Kier molecular flexibility index (Phi) is 6.55. The van der Waals surface area contributed by atoms with Crippen LogP contribution in [-0.4, -0.2) is 25.4 Å². The number of methoxy groups -OCH3 is 1. The molecule has 2 aromatic rings. The van der Waals surface area contributed by atoms with E-state index in [0.29, 0.717) is 53.3 Å². The highest BCUT2D eigenvalue weighted by atomic mass is 16.5. The van der Waals surface area contributed by atoms with Crippen molar-refractivity contribution in [1.82, 2.24) is 0 Å². The first-order chi connectivity index (χ1) is 16.4. The van der Waals surface area contributed by atoms with E-state index < -0.39 is 5.92 Å². The summed E-state index contributed by atoms with van der Waals surface area (Å²) >= 11 is 0. The lowest BCUT2D eigenvalue weighted by Crippen LogP contribution is -2.27. The van der Waals surface area contributed by atoms with E-state index in [0.717, 1.165) is 5.56 Å². The molecule has 1 heterocycles. The number of nitrogens with one attached hydrogen (secondary N) is 1. The lowest BCUT2D eigenvalue weighted by molar-refractivity contribution is -0.118. The number of Topliss-reactive ketones (excluding diaryl/α,β-unsaturated/α-hetero) is 1. The van der Waals surface area contributed by atoms with Crippen molar-refractivity contribution in [2.45, 2.75) is 32.1 Å². The van der Waals surface area contributed by atoms with Gasteiger partial charge in [0.25, 0.3) is 5.91 Å². The van der Waals surface area contributed by atoms with Gasteiger partial charge in [0.05, 0.1) is 13.0 Å². The Morgan fingerprint density at radius 1 is 1.24 bits per heavy atom. The summed E-state index contributed by atoms with van der Waals surface area (Å²) in [6, 6.07) is 14.6. The van der Waals surface area contributed by atoms with Crippen LogP contribution < -0.4 is 20.5 Å². The number of rotatable bonds is 6. The first kappa shape index (κ1) is 22.9. The van der Waals surface area contributed by atoms with Gasteiger partial charge in [0.2, 0.25) is 5.88 Å². The van der Waals surface area contributed by atoms with E-state index in [1.165, 1.54) is 7.11 Å². The molecule has 4 rings (SSSR count). The number of ether oxygens (including phenoxy) is 3. The van der Waals surface area contributed by atoms with Gasteiger partial charge in [0.15, 0.2) is 23.9 Å². The average Bonchev–Trinajstić information content (AvgIpc) is 2.83. The van der Waals surface area contributed by atoms with Gasteiger partial charge in [-0.2, -0.15) is 5.26 Å². The molecule has 8 nitrogen and oxygen atoms in total. The molecule has 8 heteroatoms. The van der Waals surface area contributed by atoms with E-state index in [2.05, 4.69) is 11.4 Å². The number of aryl methyl sites for hydroxylation is 1. The molecule has 0 aromatic heterocycles. The summed E-state index contributed by atoms with van der Waals surface area (Å²) in [6.07, 6.45) is 1.66. The number of hydrogen-bond donors (Lipinski definition) is 2. The van der Waals surface area contributed by atoms with Gasteiger partial charge in [-0.1, -0.05) is 24.3 Å². The van der Waals surface area contributed by atoms with Gasteiger partial charge in [-0.25, -0.2) is 0 Å². The molecule has 0 spiro atoms. The third-order valence-electron chi connectivity index (χ3n) is 5.90. The van der Waals surface area contributed by atoms with Crippen LogP contribution in [-0.2, 0) is 14.3 Å². The number of para-hydroxylation sites is 1. The molecule has 0 saturated heterocycles. The van der Waals surface area contributed by atoms with Crippen LogP contribution >= 0.6 is 0 Å². The fourth-order valence-corrected chi connectivity index (χ4v) is 4.22. The quantitative estimate of drug-likeness (QED) is 0.673. The second-order valence-electron chi connectivity index (χ2n) is 8.10. The number of nitriles is 1. The molecular formula is C26H25N3O5. The highest BCUT2D eigenvalue weighted by molar-refractivity contribution is 5.99. The third-order valence-corrected chi connectivity index (χ3v) is 5.90. The van der Waals surface area contributed by atoms with Crippen LogP contribution in [0.2, 0.25) is 0 Å². The second-order valence-corrected chi connectivity index (χ2v) is 8.10. The van der Waals surface area contributed by atoms with Gasteiger partial charge in [0, 0.05) is 24.1 Å². The predicted octanol–water partition coefficient (Wildman–Crippen LogP) is 3.84. The van der Waals surface area contributed by atoms with Crippen molar-refractivity contribution in [2.24, 2.45) is 5.73 Å². The Balaban J connectivity index is 1.58. The predicted molar refractivity (Wildman–Crippen MR) is 125 cm³/mol. The fourth-order valence-electron chi connectivity index (χ4n) is 4.22. The number of amides is 1. The first-order valence-electron chi connectivity index (χ1n) is 10.9. The van der Waals surface area contributed by atoms with Gasteiger partial charge in [0.1, 0.15) is 17.4 Å². The van der Waals surface area contributed by atoms with Crippen LogP contribution in [0.5, 0.6) is 11.5 Å². The SMILES string of the molecule is COc1cc([C@@H]2C(C#N)=C(N)OC3=C2C(=O)CCC3)ccc1OCC(=O)Nc1ccccc1C. The lowest BCUT2D eigenvalue weighted by atomic mass is 9.77. The first-order valence-corrected chi connectivity index (χ1v) is 10.9. The van der Waals surface area contributed by atoms with Crippen molar-refractivity contribution in [1.29, 1.82) is 5.26 Å². The van der Waals surface area contributed by atoms with Crippen LogP contribution in [0.15, 0.2) is 65.3 Å². The number of ketones is 1. The molecule has 2 aliphatic rings. The van der Waals surface area contributed by atoms with Gasteiger partial charge < -0.3 is 25.3 Å². The number of carbonyl (C=O) groups is 2. The summed E-state index contributed by atoms with van der Waals surface area (Å²) < 4.78 is 16.8. The Labute approximate surface area is 197 Å². The molecule has 3 N–H and O–H groups in total. The fraction of sp³-hybridized carbons (Fsp3) is 0.269. The summed E-state index contributed by atoms with van der Waals surface area (Å²) in [5.74, 6) is 0.243. The minimum Gasteiger partial charge on any atom is -0.493 e. The van der Waals surface area contributed by atoms with Gasteiger partial charge >= 0.3 is 0 Å². The highest BCUT2D eigenvalue weighted by Crippen LogP contribution is 2.45. The van der Waals surface area contributed by atoms with E-state index in [-0.39, 0.29) is 29.8 Å². The lowest BCUT2D eigenvalue weighted by Gasteiger charge is -2.31. The number of nitrogens with two attached hydrogens (primary N) is 1. The van der Waals surface area contributed by atoms with Crippen LogP contribution in [0, 0.1) is 18.3 Å². The molecule has 34 heavy (non-hydrogen) atoms. The zero-order valence-corrected chi connectivity index (χ0v) is 19.0. The zero-order valence-electron chi connectivity index (χ0n) is 19.0. The molecule has 0 radical (unpaired) electrons. The number of allylic oxidation sites excluding steroid dienone is 3. The Morgan fingerprint density at radius 3 is 2.76 bits per heavy atom. The minimum atomic E-state index is -0.645. The molecular weight excluding hydrogens is 434 g/mol. The zero-order chi connectivity index (χ0) is 24.2. The van der Waals surface area contributed by atoms with Crippen LogP contribution in [0.4, 0.5) is 5.69 Å². The van der Waals surface area contributed by atoms with Crippen LogP contribution in [0.25, 0.3) is 0 Å². The van der Waals surface area contributed by atoms with Gasteiger partial charge in [-0.05, 0) is 42.7 Å². The average molecular weight is 460 g/mol. The molecule has 2 aromatic carbocycles. The maximum absolute atomic E-state index is 12.7. The second kappa shape index (κ2) is 9.71. The molecule has 1 aliphatic carbocycles. The molecule has 0 unspecified atom stereocenters. The number of hydrogen-bond acceptors (Lipinski definition) is 7. The standard InChI is InChI=1S/C26H25N3O5/c1-15-6-3-4-7-18(15)29-23(31)14-33-20-11-10-16(12-22(20)32-2)24-17(13-27)26(28)34-21-9-5-8-19(30)25(21)24/h3-4,6-7,10-12,24H,5,8-9,14,28H2,1-2H3,(H,29,31)/t24-/m1/s1. The van der Waals surface area contributed by atoms with Crippen molar-refractivity contribution >= 4 is 17.4 Å².